The predicted octanol–water partition coefficient (Wildman–Crippen LogP) is 4.54. The quantitative estimate of drug-likeness (QED) is 0.802. The van der Waals surface area contributed by atoms with Gasteiger partial charge in [-0.15, -0.1) is 12.4 Å². The van der Waals surface area contributed by atoms with Crippen molar-refractivity contribution in [2.24, 2.45) is 11.8 Å². The Labute approximate surface area is 134 Å². The van der Waals surface area contributed by atoms with Gasteiger partial charge in [0, 0.05) is 17.8 Å². The third kappa shape index (κ3) is 5.24. The molecule has 21 heavy (non-hydrogen) atoms. The second-order valence-corrected chi connectivity index (χ2v) is 6.20. The van der Waals surface area contributed by atoms with E-state index in [2.05, 4.69) is 12.2 Å². The smallest absolute Gasteiger partial charge is 0.224 e. The van der Waals surface area contributed by atoms with Crippen LogP contribution in [0.1, 0.15) is 51.0 Å². The molecular weight excluding hydrogens is 284 g/mol. The van der Waals surface area contributed by atoms with Gasteiger partial charge in [0.25, 0.3) is 0 Å². The molecule has 0 bridgehead atoms. The third-order valence-electron chi connectivity index (χ3n) is 4.50. The standard InChI is InChI=1S/C17H26N2O.ClH/c1-12-8-9-15(18)11-16(12)19-17(20)10-13(2)14-6-4-3-5-7-14;/h8-9,11,13-14H,3-7,10,18H2,1-2H3,(H,19,20);1H. The van der Waals surface area contributed by atoms with Crippen LogP contribution >= 0.6 is 12.4 Å². The topological polar surface area (TPSA) is 55.1 Å². The van der Waals surface area contributed by atoms with Gasteiger partial charge < -0.3 is 11.1 Å². The number of nitrogens with one attached hydrogen (secondary N) is 1. The molecule has 0 spiro atoms. The van der Waals surface area contributed by atoms with E-state index in [1.165, 1.54) is 32.1 Å². The average Bonchev–Trinajstić information content (AvgIpc) is 2.43. The van der Waals surface area contributed by atoms with Gasteiger partial charge >= 0.3 is 0 Å². The molecule has 1 aromatic carbocycles. The van der Waals surface area contributed by atoms with Crippen molar-refractivity contribution < 1.29 is 4.79 Å². The molecule has 1 fully saturated rings. The van der Waals surface area contributed by atoms with Crippen LogP contribution in [-0.2, 0) is 4.79 Å². The highest BCUT2D eigenvalue weighted by Crippen LogP contribution is 2.31. The number of hydrogen-bond donors (Lipinski definition) is 2. The molecule has 0 radical (unpaired) electrons. The van der Waals surface area contributed by atoms with E-state index < -0.39 is 0 Å². The van der Waals surface area contributed by atoms with Crippen LogP contribution in [0.2, 0.25) is 0 Å². The van der Waals surface area contributed by atoms with Gasteiger partial charge in [0.05, 0.1) is 0 Å². The molecule has 3 nitrogen and oxygen atoms in total. The first-order chi connectivity index (χ1) is 9.56. The minimum Gasteiger partial charge on any atom is -0.399 e. The van der Waals surface area contributed by atoms with Crippen LogP contribution in [0.15, 0.2) is 18.2 Å². The highest BCUT2D eigenvalue weighted by Gasteiger charge is 2.22. The number of rotatable bonds is 4. The van der Waals surface area contributed by atoms with Gasteiger partial charge in [-0.25, -0.2) is 0 Å². The van der Waals surface area contributed by atoms with Crippen LogP contribution in [0, 0.1) is 18.8 Å². The van der Waals surface area contributed by atoms with E-state index in [1.807, 2.05) is 25.1 Å². The number of amides is 1. The Bertz CT molecular complexity index is 470. The number of aryl methyl sites for hydroxylation is 1. The first kappa shape index (κ1) is 17.8. The number of nitrogen functional groups attached to an aromatic ring is 1. The Morgan fingerprint density at radius 3 is 2.67 bits per heavy atom. The molecule has 2 rings (SSSR count). The van der Waals surface area contributed by atoms with Crippen LogP contribution in [-0.4, -0.2) is 5.91 Å². The van der Waals surface area contributed by atoms with Gasteiger partial charge in [0.1, 0.15) is 0 Å². The van der Waals surface area contributed by atoms with Crippen molar-refractivity contribution in [2.75, 3.05) is 11.1 Å². The molecule has 0 saturated heterocycles. The summed E-state index contributed by atoms with van der Waals surface area (Å²) in [5, 5.41) is 3.00. The SMILES string of the molecule is Cc1ccc(N)cc1NC(=O)CC(C)C1CCCCC1.Cl. The maximum atomic E-state index is 12.2. The van der Waals surface area contributed by atoms with Crippen LogP contribution in [0.4, 0.5) is 11.4 Å². The van der Waals surface area contributed by atoms with Crippen molar-refractivity contribution >= 4 is 29.7 Å². The van der Waals surface area contributed by atoms with Gasteiger partial charge in [-0.3, -0.25) is 4.79 Å². The van der Waals surface area contributed by atoms with E-state index in [-0.39, 0.29) is 18.3 Å². The van der Waals surface area contributed by atoms with Crippen molar-refractivity contribution in [3.8, 4) is 0 Å². The number of nitrogens with two attached hydrogens (primary N) is 1. The second-order valence-electron chi connectivity index (χ2n) is 6.20. The van der Waals surface area contributed by atoms with Gasteiger partial charge in [0.15, 0.2) is 0 Å². The number of carbonyl (C=O) groups excluding carboxylic acids is 1. The Kier molecular flexibility index (Phi) is 7.03. The van der Waals surface area contributed by atoms with Crippen molar-refractivity contribution in [1.82, 2.24) is 0 Å². The van der Waals surface area contributed by atoms with E-state index in [1.54, 1.807) is 0 Å². The Morgan fingerprint density at radius 1 is 1.33 bits per heavy atom. The molecule has 1 aliphatic rings. The van der Waals surface area contributed by atoms with Crippen molar-refractivity contribution in [3.05, 3.63) is 23.8 Å². The third-order valence-corrected chi connectivity index (χ3v) is 4.50. The molecule has 118 valence electrons. The largest absolute Gasteiger partial charge is 0.399 e. The zero-order valence-corrected chi connectivity index (χ0v) is 13.8. The molecule has 1 atom stereocenters. The summed E-state index contributed by atoms with van der Waals surface area (Å²) < 4.78 is 0. The number of anilines is 2. The van der Waals surface area contributed by atoms with Crippen molar-refractivity contribution in [2.45, 2.75) is 52.4 Å². The van der Waals surface area contributed by atoms with Crippen LogP contribution in [0.3, 0.4) is 0 Å². The molecule has 4 heteroatoms. The normalized spacial score (nSPS) is 16.9. The maximum Gasteiger partial charge on any atom is 0.224 e. The summed E-state index contributed by atoms with van der Waals surface area (Å²) in [7, 11) is 0. The lowest BCUT2D eigenvalue weighted by Gasteiger charge is -2.27. The van der Waals surface area contributed by atoms with E-state index in [0.29, 0.717) is 18.0 Å². The molecule has 3 N–H and O–H groups in total. The predicted molar refractivity (Wildman–Crippen MR) is 91.8 cm³/mol. The lowest BCUT2D eigenvalue weighted by atomic mass is 9.79. The second kappa shape index (κ2) is 8.28. The minimum atomic E-state index is 0. The monoisotopic (exact) mass is 310 g/mol. The highest BCUT2D eigenvalue weighted by atomic mass is 35.5. The summed E-state index contributed by atoms with van der Waals surface area (Å²) in [5.74, 6) is 1.30. The fraction of sp³-hybridized carbons (Fsp3) is 0.588. The van der Waals surface area contributed by atoms with Crippen LogP contribution in [0.25, 0.3) is 0 Å². The van der Waals surface area contributed by atoms with Gasteiger partial charge in [0.2, 0.25) is 5.91 Å². The molecule has 0 aromatic heterocycles. The highest BCUT2D eigenvalue weighted by molar-refractivity contribution is 5.92. The van der Waals surface area contributed by atoms with E-state index in [0.717, 1.165) is 17.2 Å². The average molecular weight is 311 g/mol. The number of halogens is 1. The van der Waals surface area contributed by atoms with E-state index >= 15 is 0 Å². The summed E-state index contributed by atoms with van der Waals surface area (Å²) in [6.45, 7) is 4.20. The zero-order valence-electron chi connectivity index (χ0n) is 13.0. The summed E-state index contributed by atoms with van der Waals surface area (Å²) in [5.41, 5.74) is 8.35. The number of carbonyl (C=O) groups is 1. The Morgan fingerprint density at radius 2 is 2.00 bits per heavy atom. The van der Waals surface area contributed by atoms with Gasteiger partial charge in [-0.1, -0.05) is 45.1 Å². The number of hydrogen-bond acceptors (Lipinski definition) is 2. The van der Waals surface area contributed by atoms with Gasteiger partial charge in [-0.05, 0) is 36.5 Å². The summed E-state index contributed by atoms with van der Waals surface area (Å²) >= 11 is 0. The zero-order chi connectivity index (χ0) is 14.5. The molecule has 1 amide bonds. The molecule has 1 unspecified atom stereocenters. The lowest BCUT2D eigenvalue weighted by Crippen LogP contribution is -2.22. The summed E-state index contributed by atoms with van der Waals surface area (Å²) in [6, 6.07) is 5.63. The maximum absolute atomic E-state index is 12.2. The summed E-state index contributed by atoms with van der Waals surface area (Å²) in [6.07, 6.45) is 7.18. The van der Waals surface area contributed by atoms with Crippen molar-refractivity contribution in [3.63, 3.8) is 0 Å². The van der Waals surface area contributed by atoms with Crippen molar-refractivity contribution in [1.29, 1.82) is 0 Å². The molecule has 1 saturated carbocycles. The Hall–Kier alpha value is -1.22. The first-order valence-corrected chi connectivity index (χ1v) is 7.72. The minimum absolute atomic E-state index is 0. The first-order valence-electron chi connectivity index (χ1n) is 7.72. The van der Waals surface area contributed by atoms with Crippen LogP contribution < -0.4 is 11.1 Å². The molecule has 1 aliphatic carbocycles. The number of benzene rings is 1. The van der Waals surface area contributed by atoms with Crippen LogP contribution in [0.5, 0.6) is 0 Å². The molecule has 0 heterocycles. The Balaban J connectivity index is 0.00000220. The molecule has 1 aromatic rings. The molecular formula is C17H27ClN2O. The van der Waals surface area contributed by atoms with E-state index in [4.69, 9.17) is 5.73 Å². The summed E-state index contributed by atoms with van der Waals surface area (Å²) in [4.78, 5) is 12.2. The lowest BCUT2D eigenvalue weighted by molar-refractivity contribution is -0.117. The van der Waals surface area contributed by atoms with Gasteiger partial charge in [-0.2, -0.15) is 0 Å². The fourth-order valence-corrected chi connectivity index (χ4v) is 3.14. The van der Waals surface area contributed by atoms with E-state index in [9.17, 15) is 4.79 Å². The fourth-order valence-electron chi connectivity index (χ4n) is 3.14. The molecule has 0 aliphatic heterocycles.